The number of carbonyl (C=O) groups is 2. The fourth-order valence-electron chi connectivity index (χ4n) is 3.40. The summed E-state index contributed by atoms with van der Waals surface area (Å²) >= 11 is 1.47. The molecular weight excluding hydrogens is 390 g/mol. The fraction of sp³-hybridized carbons (Fsp3) is 0.455. The molecule has 0 fully saturated rings. The molecule has 0 spiro atoms. The van der Waals surface area contributed by atoms with E-state index in [0.717, 1.165) is 29.7 Å². The van der Waals surface area contributed by atoms with Gasteiger partial charge in [-0.15, -0.1) is 11.3 Å². The Bertz CT molecular complexity index is 891. The number of nitrogens with one attached hydrogen (secondary N) is 1. The third-order valence-corrected chi connectivity index (χ3v) is 6.12. The molecule has 1 aromatic heterocycles. The third-order valence-electron chi connectivity index (χ3n) is 4.95. The summed E-state index contributed by atoms with van der Waals surface area (Å²) in [6.45, 7) is 5.95. The summed E-state index contributed by atoms with van der Waals surface area (Å²) in [7, 11) is 1.57. The third kappa shape index (κ3) is 4.90. The van der Waals surface area contributed by atoms with Gasteiger partial charge < -0.3 is 19.5 Å². The quantitative estimate of drug-likeness (QED) is 0.673. The maximum atomic E-state index is 12.8. The van der Waals surface area contributed by atoms with Crippen LogP contribution in [0.3, 0.4) is 0 Å². The van der Waals surface area contributed by atoms with Crippen LogP contribution in [-0.2, 0) is 22.4 Å². The molecule has 6 nitrogen and oxygen atoms in total. The number of fused-ring (bicyclic) bond motifs is 1. The van der Waals surface area contributed by atoms with Crippen molar-refractivity contribution in [1.82, 2.24) is 0 Å². The molecule has 0 saturated heterocycles. The molecule has 0 bridgehead atoms. The summed E-state index contributed by atoms with van der Waals surface area (Å²) in [6.07, 6.45) is 2.03. The average Bonchev–Trinajstić information content (AvgIpc) is 3.05. The molecule has 1 heterocycles. The number of rotatable bonds is 7. The van der Waals surface area contributed by atoms with Gasteiger partial charge in [-0.25, -0.2) is 4.79 Å². The first-order valence-corrected chi connectivity index (χ1v) is 10.7. The first kappa shape index (κ1) is 21.2. The maximum Gasteiger partial charge on any atom is 0.341 e. The van der Waals surface area contributed by atoms with Gasteiger partial charge in [0.2, 0.25) is 0 Å². The predicted molar refractivity (Wildman–Crippen MR) is 113 cm³/mol. The molecule has 1 aliphatic rings. The zero-order valence-corrected chi connectivity index (χ0v) is 18.1. The van der Waals surface area contributed by atoms with Crippen LogP contribution in [0.15, 0.2) is 24.3 Å². The Morgan fingerprint density at radius 2 is 2.07 bits per heavy atom. The Morgan fingerprint density at radius 1 is 1.31 bits per heavy atom. The van der Waals surface area contributed by atoms with Crippen molar-refractivity contribution in [3.63, 3.8) is 0 Å². The molecule has 1 amide bonds. The highest BCUT2D eigenvalue weighted by Crippen LogP contribution is 2.40. The number of amides is 1. The highest BCUT2D eigenvalue weighted by Gasteiger charge is 2.30. The molecule has 3 rings (SSSR count). The molecule has 1 aromatic carbocycles. The number of carbonyl (C=O) groups excluding carboxylic acids is 2. The Labute approximate surface area is 175 Å². The SMILES string of the molecule is CCOC(=O)c1c(NC(=O)C(C)Oc2cccc(OC)c2)sc2c1CCC(C)C2. The second-order valence-corrected chi connectivity index (χ2v) is 8.31. The van der Waals surface area contributed by atoms with Gasteiger partial charge in [0, 0.05) is 10.9 Å². The van der Waals surface area contributed by atoms with Crippen molar-refractivity contribution in [3.05, 3.63) is 40.3 Å². The van der Waals surface area contributed by atoms with E-state index in [1.165, 1.54) is 11.3 Å². The van der Waals surface area contributed by atoms with Crippen LogP contribution in [0, 0.1) is 5.92 Å². The summed E-state index contributed by atoms with van der Waals surface area (Å²) in [5.41, 5.74) is 1.52. The number of esters is 1. The maximum absolute atomic E-state index is 12.8. The molecule has 1 N–H and O–H groups in total. The fourth-order valence-corrected chi connectivity index (χ4v) is 4.81. The molecular formula is C22H27NO5S. The lowest BCUT2D eigenvalue weighted by atomic mass is 9.88. The molecule has 29 heavy (non-hydrogen) atoms. The minimum atomic E-state index is -0.741. The molecule has 156 valence electrons. The van der Waals surface area contributed by atoms with Gasteiger partial charge in [0.25, 0.3) is 5.91 Å². The summed E-state index contributed by atoms with van der Waals surface area (Å²) < 4.78 is 16.2. The van der Waals surface area contributed by atoms with Gasteiger partial charge >= 0.3 is 5.97 Å². The van der Waals surface area contributed by atoms with E-state index in [0.29, 0.717) is 34.6 Å². The minimum absolute atomic E-state index is 0.294. The van der Waals surface area contributed by atoms with Gasteiger partial charge in [0.1, 0.15) is 16.5 Å². The topological polar surface area (TPSA) is 73.9 Å². The molecule has 7 heteroatoms. The van der Waals surface area contributed by atoms with E-state index in [1.54, 1.807) is 45.2 Å². The van der Waals surface area contributed by atoms with E-state index < -0.39 is 6.10 Å². The largest absolute Gasteiger partial charge is 0.497 e. The second kappa shape index (κ2) is 9.31. The Hall–Kier alpha value is -2.54. The standard InChI is InChI=1S/C22H27NO5S/c1-5-27-22(25)19-17-10-9-13(2)11-18(17)29-21(19)23-20(24)14(3)28-16-8-6-7-15(12-16)26-4/h6-8,12-14H,5,9-11H2,1-4H3,(H,23,24). The Balaban J connectivity index is 1.79. The minimum Gasteiger partial charge on any atom is -0.497 e. The number of benzene rings is 1. The zero-order valence-electron chi connectivity index (χ0n) is 17.2. The molecule has 2 atom stereocenters. The Morgan fingerprint density at radius 3 is 2.79 bits per heavy atom. The predicted octanol–water partition coefficient (Wildman–Crippen LogP) is 4.46. The van der Waals surface area contributed by atoms with E-state index >= 15 is 0 Å². The molecule has 0 aliphatic heterocycles. The van der Waals surface area contributed by atoms with Crippen molar-refractivity contribution in [2.75, 3.05) is 19.0 Å². The van der Waals surface area contributed by atoms with E-state index in [9.17, 15) is 9.59 Å². The summed E-state index contributed by atoms with van der Waals surface area (Å²) in [5.74, 6) is 1.06. The van der Waals surface area contributed by atoms with Gasteiger partial charge in [0.05, 0.1) is 19.3 Å². The number of hydrogen-bond donors (Lipinski definition) is 1. The van der Waals surface area contributed by atoms with Crippen LogP contribution < -0.4 is 14.8 Å². The number of hydrogen-bond acceptors (Lipinski definition) is 6. The zero-order chi connectivity index (χ0) is 21.0. The highest BCUT2D eigenvalue weighted by atomic mass is 32.1. The Kier molecular flexibility index (Phi) is 6.79. The monoisotopic (exact) mass is 417 g/mol. The number of thiophene rings is 1. The molecule has 2 unspecified atom stereocenters. The lowest BCUT2D eigenvalue weighted by Gasteiger charge is -2.18. The van der Waals surface area contributed by atoms with E-state index in [2.05, 4.69) is 12.2 Å². The van der Waals surface area contributed by atoms with Crippen LogP contribution >= 0.6 is 11.3 Å². The van der Waals surface area contributed by atoms with Gasteiger partial charge in [-0.1, -0.05) is 13.0 Å². The highest BCUT2D eigenvalue weighted by molar-refractivity contribution is 7.17. The summed E-state index contributed by atoms with van der Waals surface area (Å²) in [6, 6.07) is 7.09. The summed E-state index contributed by atoms with van der Waals surface area (Å²) in [4.78, 5) is 26.5. The van der Waals surface area contributed by atoms with Crippen LogP contribution in [0.2, 0.25) is 0 Å². The van der Waals surface area contributed by atoms with Gasteiger partial charge in [-0.05, 0) is 56.7 Å². The van der Waals surface area contributed by atoms with Crippen LogP contribution in [0.4, 0.5) is 5.00 Å². The van der Waals surface area contributed by atoms with Crippen LogP contribution in [-0.4, -0.2) is 31.7 Å². The van der Waals surface area contributed by atoms with Gasteiger partial charge in [0.15, 0.2) is 6.10 Å². The van der Waals surface area contributed by atoms with Crippen molar-refractivity contribution in [2.45, 2.75) is 46.1 Å². The van der Waals surface area contributed by atoms with Crippen LogP contribution in [0.5, 0.6) is 11.5 Å². The van der Waals surface area contributed by atoms with Crippen molar-refractivity contribution >= 4 is 28.2 Å². The lowest BCUT2D eigenvalue weighted by molar-refractivity contribution is -0.122. The first-order chi connectivity index (χ1) is 13.9. The van der Waals surface area contributed by atoms with Crippen molar-refractivity contribution in [3.8, 4) is 11.5 Å². The van der Waals surface area contributed by atoms with E-state index in [-0.39, 0.29) is 11.9 Å². The average molecular weight is 418 g/mol. The van der Waals surface area contributed by atoms with Gasteiger partial charge in [-0.3, -0.25) is 4.79 Å². The first-order valence-electron chi connectivity index (χ1n) is 9.86. The second-order valence-electron chi connectivity index (χ2n) is 7.20. The van der Waals surface area contributed by atoms with Gasteiger partial charge in [-0.2, -0.15) is 0 Å². The van der Waals surface area contributed by atoms with Crippen LogP contribution in [0.25, 0.3) is 0 Å². The smallest absolute Gasteiger partial charge is 0.341 e. The van der Waals surface area contributed by atoms with Crippen molar-refractivity contribution in [2.24, 2.45) is 5.92 Å². The number of methoxy groups -OCH3 is 1. The van der Waals surface area contributed by atoms with Crippen molar-refractivity contribution < 1.29 is 23.8 Å². The molecule has 2 aromatic rings. The normalized spacial score (nSPS) is 16.5. The van der Waals surface area contributed by atoms with E-state index in [4.69, 9.17) is 14.2 Å². The van der Waals surface area contributed by atoms with Crippen LogP contribution in [0.1, 0.15) is 48.0 Å². The molecule has 0 radical (unpaired) electrons. The lowest BCUT2D eigenvalue weighted by Crippen LogP contribution is -2.30. The van der Waals surface area contributed by atoms with E-state index in [1.807, 2.05) is 0 Å². The number of ether oxygens (including phenoxy) is 3. The summed E-state index contributed by atoms with van der Waals surface area (Å²) in [5, 5.41) is 3.44. The van der Waals surface area contributed by atoms with Crippen molar-refractivity contribution in [1.29, 1.82) is 0 Å². The molecule has 0 saturated carbocycles. The molecule has 1 aliphatic carbocycles. The number of anilines is 1.